The lowest BCUT2D eigenvalue weighted by Crippen LogP contribution is -2.39. The van der Waals surface area contributed by atoms with Gasteiger partial charge in [0.15, 0.2) is 0 Å². The van der Waals surface area contributed by atoms with Crippen LogP contribution in [-0.2, 0) is 11.2 Å². The summed E-state index contributed by atoms with van der Waals surface area (Å²) in [5.74, 6) is 0.195. The zero-order chi connectivity index (χ0) is 23.8. The van der Waals surface area contributed by atoms with Crippen LogP contribution >= 0.6 is 0 Å². The Kier molecular flexibility index (Phi) is 8.22. The highest BCUT2D eigenvalue weighted by Gasteiger charge is 2.17. The van der Waals surface area contributed by atoms with E-state index < -0.39 is 0 Å². The minimum Gasteiger partial charge on any atom is -0.495 e. The van der Waals surface area contributed by atoms with Gasteiger partial charge in [0.25, 0.3) is 5.91 Å². The number of benzene rings is 3. The molecule has 0 bridgehead atoms. The number of hydrogen-bond acceptors (Lipinski definition) is 4. The van der Waals surface area contributed by atoms with E-state index in [0.717, 1.165) is 12.0 Å². The number of hydrogen-bond donors (Lipinski definition) is 3. The first-order chi connectivity index (χ1) is 15.9. The van der Waals surface area contributed by atoms with E-state index in [-0.39, 0.29) is 23.9 Å². The van der Waals surface area contributed by atoms with Gasteiger partial charge >= 0.3 is 0 Å². The number of para-hydroxylation sites is 2. The standard InChI is InChI=1S/C27H31N3O3/c1-5-20-10-12-21(13-11-20)18(2)28-19(3)26(31)29-23-16-14-22(15-17-23)27(32)30-24-8-6-7-9-25(24)33-4/h6-19,28H,5H2,1-4H3,(H,29,31)(H,30,32)/t18-,19-/m1/s1. The van der Waals surface area contributed by atoms with Crippen molar-refractivity contribution in [1.82, 2.24) is 5.32 Å². The smallest absolute Gasteiger partial charge is 0.255 e. The van der Waals surface area contributed by atoms with Crippen molar-refractivity contribution in [3.8, 4) is 5.75 Å². The second-order valence-electron chi connectivity index (χ2n) is 7.93. The number of ether oxygens (including phenoxy) is 1. The van der Waals surface area contributed by atoms with Gasteiger partial charge in [-0.25, -0.2) is 0 Å². The quantitative estimate of drug-likeness (QED) is 0.424. The second-order valence-corrected chi connectivity index (χ2v) is 7.93. The lowest BCUT2D eigenvalue weighted by atomic mass is 10.0. The first kappa shape index (κ1) is 24.0. The predicted octanol–water partition coefficient (Wildman–Crippen LogP) is 5.19. The molecule has 2 amide bonds. The maximum Gasteiger partial charge on any atom is 0.255 e. The summed E-state index contributed by atoms with van der Waals surface area (Å²) in [6.07, 6.45) is 1.00. The molecule has 2 atom stereocenters. The molecule has 6 nitrogen and oxygen atoms in total. The molecule has 33 heavy (non-hydrogen) atoms. The molecule has 0 aliphatic rings. The van der Waals surface area contributed by atoms with Crippen molar-refractivity contribution < 1.29 is 14.3 Å². The summed E-state index contributed by atoms with van der Waals surface area (Å²) in [5.41, 5.74) is 4.13. The maximum absolute atomic E-state index is 12.6. The van der Waals surface area contributed by atoms with Crippen molar-refractivity contribution in [2.24, 2.45) is 0 Å². The molecule has 0 heterocycles. The highest BCUT2D eigenvalue weighted by atomic mass is 16.5. The lowest BCUT2D eigenvalue weighted by Gasteiger charge is -2.20. The van der Waals surface area contributed by atoms with Gasteiger partial charge in [0.1, 0.15) is 5.75 Å². The van der Waals surface area contributed by atoms with E-state index in [2.05, 4.69) is 47.1 Å². The zero-order valence-corrected chi connectivity index (χ0v) is 19.5. The second kappa shape index (κ2) is 11.3. The fraction of sp³-hybridized carbons (Fsp3) is 0.259. The first-order valence-corrected chi connectivity index (χ1v) is 11.1. The fourth-order valence-corrected chi connectivity index (χ4v) is 3.49. The van der Waals surface area contributed by atoms with Crippen LogP contribution in [0.4, 0.5) is 11.4 Å². The number of anilines is 2. The van der Waals surface area contributed by atoms with Crippen LogP contribution in [0.1, 0.15) is 48.3 Å². The number of methoxy groups -OCH3 is 1. The van der Waals surface area contributed by atoms with Crippen LogP contribution in [0.2, 0.25) is 0 Å². The molecule has 0 spiro atoms. The Morgan fingerprint density at radius 2 is 1.55 bits per heavy atom. The summed E-state index contributed by atoms with van der Waals surface area (Å²) in [5, 5.41) is 9.07. The predicted molar refractivity (Wildman–Crippen MR) is 133 cm³/mol. The Hall–Kier alpha value is -3.64. The molecule has 0 saturated heterocycles. The number of nitrogens with one attached hydrogen (secondary N) is 3. The third-order valence-electron chi connectivity index (χ3n) is 5.55. The number of rotatable bonds is 9. The van der Waals surface area contributed by atoms with Gasteiger partial charge in [-0.2, -0.15) is 0 Å². The van der Waals surface area contributed by atoms with Crippen molar-refractivity contribution in [3.05, 3.63) is 89.5 Å². The van der Waals surface area contributed by atoms with Crippen LogP contribution in [0, 0.1) is 0 Å². The topological polar surface area (TPSA) is 79.5 Å². The average Bonchev–Trinajstić information content (AvgIpc) is 2.84. The largest absolute Gasteiger partial charge is 0.495 e. The Morgan fingerprint density at radius 3 is 2.18 bits per heavy atom. The molecule has 0 saturated carbocycles. The van der Waals surface area contributed by atoms with Crippen molar-refractivity contribution in [1.29, 1.82) is 0 Å². The normalized spacial score (nSPS) is 12.5. The molecular weight excluding hydrogens is 414 g/mol. The molecule has 3 aromatic rings. The molecule has 3 rings (SSSR count). The third-order valence-corrected chi connectivity index (χ3v) is 5.55. The van der Waals surface area contributed by atoms with Crippen molar-refractivity contribution in [2.45, 2.75) is 39.3 Å². The van der Waals surface area contributed by atoms with E-state index in [1.807, 2.05) is 26.0 Å². The summed E-state index contributed by atoms with van der Waals surface area (Å²) in [6, 6.07) is 22.1. The van der Waals surface area contributed by atoms with Gasteiger partial charge in [0.05, 0.1) is 18.8 Å². The van der Waals surface area contributed by atoms with E-state index in [0.29, 0.717) is 22.7 Å². The lowest BCUT2D eigenvalue weighted by molar-refractivity contribution is -0.117. The van der Waals surface area contributed by atoms with Gasteiger partial charge in [-0.1, -0.05) is 43.3 Å². The number of carbonyl (C=O) groups is 2. The summed E-state index contributed by atoms with van der Waals surface area (Å²) >= 11 is 0. The maximum atomic E-state index is 12.6. The van der Waals surface area contributed by atoms with Gasteiger partial charge in [-0.05, 0) is 67.8 Å². The Morgan fingerprint density at radius 1 is 0.879 bits per heavy atom. The van der Waals surface area contributed by atoms with Gasteiger partial charge in [0, 0.05) is 17.3 Å². The Bertz CT molecular complexity index is 1080. The van der Waals surface area contributed by atoms with E-state index in [1.165, 1.54) is 5.56 Å². The van der Waals surface area contributed by atoms with Crippen molar-refractivity contribution in [2.75, 3.05) is 17.7 Å². The van der Waals surface area contributed by atoms with Gasteiger partial charge in [-0.15, -0.1) is 0 Å². The minimum absolute atomic E-state index is 0.0395. The van der Waals surface area contributed by atoms with Gasteiger partial charge in [0.2, 0.25) is 5.91 Å². The van der Waals surface area contributed by atoms with Crippen LogP contribution in [0.25, 0.3) is 0 Å². The van der Waals surface area contributed by atoms with E-state index >= 15 is 0 Å². The van der Waals surface area contributed by atoms with Crippen LogP contribution in [0.5, 0.6) is 5.75 Å². The van der Waals surface area contributed by atoms with E-state index in [9.17, 15) is 9.59 Å². The van der Waals surface area contributed by atoms with E-state index in [4.69, 9.17) is 4.74 Å². The van der Waals surface area contributed by atoms with E-state index in [1.54, 1.807) is 43.5 Å². The molecular formula is C27H31N3O3. The van der Waals surface area contributed by atoms with Gasteiger partial charge in [-0.3, -0.25) is 14.9 Å². The first-order valence-electron chi connectivity index (χ1n) is 11.1. The molecule has 0 unspecified atom stereocenters. The van der Waals surface area contributed by atoms with Gasteiger partial charge < -0.3 is 15.4 Å². The minimum atomic E-state index is -0.389. The molecule has 3 aromatic carbocycles. The van der Waals surface area contributed by atoms with Crippen molar-refractivity contribution in [3.63, 3.8) is 0 Å². The number of aryl methyl sites for hydroxylation is 1. The molecule has 0 aromatic heterocycles. The fourth-order valence-electron chi connectivity index (χ4n) is 3.49. The Labute approximate surface area is 195 Å². The summed E-state index contributed by atoms with van der Waals surface area (Å²) in [6.45, 7) is 6.00. The molecule has 0 radical (unpaired) electrons. The molecule has 6 heteroatoms. The van der Waals surface area contributed by atoms with Crippen LogP contribution in [-0.4, -0.2) is 25.0 Å². The summed E-state index contributed by atoms with van der Waals surface area (Å²) in [4.78, 5) is 25.2. The number of amides is 2. The molecule has 3 N–H and O–H groups in total. The highest BCUT2D eigenvalue weighted by molar-refractivity contribution is 6.05. The highest BCUT2D eigenvalue weighted by Crippen LogP contribution is 2.24. The molecule has 0 aliphatic heterocycles. The Balaban J connectivity index is 1.55. The van der Waals surface area contributed by atoms with Crippen LogP contribution < -0.4 is 20.7 Å². The van der Waals surface area contributed by atoms with Crippen molar-refractivity contribution >= 4 is 23.2 Å². The molecule has 172 valence electrons. The van der Waals surface area contributed by atoms with Crippen LogP contribution in [0.15, 0.2) is 72.8 Å². The molecule has 0 fully saturated rings. The van der Waals surface area contributed by atoms with Crippen LogP contribution in [0.3, 0.4) is 0 Å². The average molecular weight is 446 g/mol. The molecule has 0 aliphatic carbocycles. The third kappa shape index (κ3) is 6.43. The summed E-state index contributed by atoms with van der Waals surface area (Å²) < 4.78 is 5.27. The zero-order valence-electron chi connectivity index (χ0n) is 19.5. The number of carbonyl (C=O) groups excluding carboxylic acids is 2. The monoisotopic (exact) mass is 445 g/mol. The summed E-state index contributed by atoms with van der Waals surface area (Å²) in [7, 11) is 1.56. The SMILES string of the molecule is CCc1ccc([C@@H](C)N[C@H](C)C(=O)Nc2ccc(C(=O)Nc3ccccc3OC)cc2)cc1.